The molecule has 0 radical (unpaired) electrons. The van der Waals surface area contributed by atoms with E-state index >= 15 is 0 Å². The normalized spacial score (nSPS) is 16.5. The van der Waals surface area contributed by atoms with E-state index < -0.39 is 6.10 Å². The van der Waals surface area contributed by atoms with Crippen LogP contribution in [0.1, 0.15) is 19.3 Å². The van der Waals surface area contributed by atoms with Gasteiger partial charge in [-0.05, 0) is 25.0 Å². The van der Waals surface area contributed by atoms with Crippen molar-refractivity contribution >= 4 is 11.6 Å². The van der Waals surface area contributed by atoms with Gasteiger partial charge in [0.25, 0.3) is 5.91 Å². The molecular weight excluding hydrogens is 242 g/mol. The minimum Gasteiger partial charge on any atom is -0.477 e. The first-order chi connectivity index (χ1) is 9.31. The summed E-state index contributed by atoms with van der Waals surface area (Å²) in [4.78, 5) is 11.9. The number of nitrogens with zero attached hydrogens (tertiary/aromatic N) is 1. The van der Waals surface area contributed by atoms with Crippen LogP contribution in [0.4, 0.5) is 5.69 Å². The van der Waals surface area contributed by atoms with Crippen LogP contribution in [-0.2, 0) is 4.79 Å². The van der Waals surface area contributed by atoms with E-state index in [1.165, 1.54) is 0 Å². The Kier molecular flexibility index (Phi) is 4.62. The first-order valence-electron chi connectivity index (χ1n) is 6.45. The molecule has 1 heterocycles. The van der Waals surface area contributed by atoms with Crippen molar-refractivity contribution in [3.8, 4) is 11.8 Å². The van der Waals surface area contributed by atoms with Crippen LogP contribution < -0.4 is 15.4 Å². The van der Waals surface area contributed by atoms with Crippen LogP contribution in [0, 0.1) is 11.3 Å². The molecule has 0 spiro atoms. The fraction of sp³-hybridized carbons (Fsp3) is 0.429. The van der Waals surface area contributed by atoms with Crippen molar-refractivity contribution in [2.75, 3.05) is 18.4 Å². The number of para-hydroxylation sites is 2. The molecule has 0 bridgehead atoms. The maximum absolute atomic E-state index is 11.9. The van der Waals surface area contributed by atoms with Gasteiger partial charge in [-0.15, -0.1) is 0 Å². The molecule has 1 aromatic rings. The quantitative estimate of drug-likeness (QED) is 0.789. The van der Waals surface area contributed by atoms with Crippen molar-refractivity contribution in [3.05, 3.63) is 24.3 Å². The number of hydrogen-bond acceptors (Lipinski definition) is 4. The van der Waals surface area contributed by atoms with E-state index in [1.54, 1.807) is 0 Å². The van der Waals surface area contributed by atoms with Gasteiger partial charge in [0.15, 0.2) is 6.10 Å². The summed E-state index contributed by atoms with van der Waals surface area (Å²) in [6.07, 6.45) is 1.66. The van der Waals surface area contributed by atoms with Crippen molar-refractivity contribution in [1.82, 2.24) is 5.32 Å². The van der Waals surface area contributed by atoms with Gasteiger partial charge in [0, 0.05) is 13.0 Å². The van der Waals surface area contributed by atoms with Crippen LogP contribution in [0.15, 0.2) is 24.3 Å². The van der Waals surface area contributed by atoms with Crippen molar-refractivity contribution in [2.24, 2.45) is 0 Å². The average Bonchev–Trinajstić information content (AvgIpc) is 2.46. The van der Waals surface area contributed by atoms with Crippen molar-refractivity contribution < 1.29 is 9.53 Å². The smallest absolute Gasteiger partial charge is 0.262 e. The predicted molar refractivity (Wildman–Crippen MR) is 71.8 cm³/mol. The number of fused-ring (bicyclic) bond motifs is 1. The fourth-order valence-corrected chi connectivity index (χ4v) is 1.91. The van der Waals surface area contributed by atoms with Gasteiger partial charge in [-0.25, -0.2) is 0 Å². The molecule has 1 unspecified atom stereocenters. The molecule has 100 valence electrons. The molecule has 0 fully saturated rings. The Balaban J connectivity index is 1.78. The third-order valence-electron chi connectivity index (χ3n) is 2.94. The van der Waals surface area contributed by atoms with E-state index in [1.807, 2.05) is 24.3 Å². The lowest BCUT2D eigenvalue weighted by molar-refractivity contribution is -0.127. The van der Waals surface area contributed by atoms with E-state index in [2.05, 4.69) is 16.7 Å². The largest absolute Gasteiger partial charge is 0.477 e. The molecule has 5 nitrogen and oxygen atoms in total. The Morgan fingerprint density at radius 2 is 2.32 bits per heavy atom. The van der Waals surface area contributed by atoms with Gasteiger partial charge in [0.05, 0.1) is 18.3 Å². The van der Waals surface area contributed by atoms with Crippen LogP contribution >= 0.6 is 0 Å². The molecular formula is C14H17N3O2. The van der Waals surface area contributed by atoms with E-state index in [4.69, 9.17) is 10.00 Å². The summed E-state index contributed by atoms with van der Waals surface area (Å²) in [6.45, 7) is 1.06. The highest BCUT2D eigenvalue weighted by Crippen LogP contribution is 2.28. The second-order valence-corrected chi connectivity index (χ2v) is 4.39. The van der Waals surface area contributed by atoms with Gasteiger partial charge in [0.2, 0.25) is 0 Å². The SMILES string of the molecule is N#CCCCCNC(=O)C1CNc2ccccc2O1. The highest BCUT2D eigenvalue weighted by atomic mass is 16.5. The van der Waals surface area contributed by atoms with Crippen LogP contribution in [0.5, 0.6) is 5.75 Å². The number of benzene rings is 1. The number of rotatable bonds is 5. The van der Waals surface area contributed by atoms with Crippen molar-refractivity contribution in [3.63, 3.8) is 0 Å². The molecule has 0 aromatic heterocycles. The van der Waals surface area contributed by atoms with Gasteiger partial charge in [-0.1, -0.05) is 12.1 Å². The molecule has 1 aromatic carbocycles. The number of hydrogen-bond donors (Lipinski definition) is 2. The number of amides is 1. The highest BCUT2D eigenvalue weighted by molar-refractivity contribution is 5.83. The van der Waals surface area contributed by atoms with Crippen LogP contribution in [0.25, 0.3) is 0 Å². The minimum atomic E-state index is -0.495. The van der Waals surface area contributed by atoms with Crippen molar-refractivity contribution in [2.45, 2.75) is 25.4 Å². The van der Waals surface area contributed by atoms with Crippen LogP contribution in [0.3, 0.4) is 0 Å². The molecule has 1 aliphatic rings. The number of anilines is 1. The Labute approximate surface area is 112 Å². The molecule has 5 heteroatoms. The van der Waals surface area contributed by atoms with Gasteiger partial charge >= 0.3 is 0 Å². The number of carbonyl (C=O) groups excluding carboxylic acids is 1. The first kappa shape index (κ1) is 13.2. The second kappa shape index (κ2) is 6.64. The molecule has 0 aliphatic carbocycles. The summed E-state index contributed by atoms with van der Waals surface area (Å²) < 4.78 is 5.65. The summed E-state index contributed by atoms with van der Waals surface area (Å²) in [5, 5.41) is 14.4. The van der Waals surface area contributed by atoms with Crippen LogP contribution in [-0.4, -0.2) is 25.1 Å². The predicted octanol–water partition coefficient (Wildman–Crippen LogP) is 1.67. The summed E-state index contributed by atoms with van der Waals surface area (Å²) in [7, 11) is 0. The third-order valence-corrected chi connectivity index (χ3v) is 2.94. The van der Waals surface area contributed by atoms with Gasteiger partial charge in [-0.2, -0.15) is 5.26 Å². The second-order valence-electron chi connectivity index (χ2n) is 4.39. The Morgan fingerprint density at radius 1 is 1.47 bits per heavy atom. The lowest BCUT2D eigenvalue weighted by atomic mass is 10.2. The van der Waals surface area contributed by atoms with E-state index in [0.29, 0.717) is 25.3 Å². The zero-order valence-corrected chi connectivity index (χ0v) is 10.7. The Morgan fingerprint density at radius 3 is 3.16 bits per heavy atom. The van der Waals surface area contributed by atoms with Gasteiger partial charge in [0.1, 0.15) is 5.75 Å². The zero-order chi connectivity index (χ0) is 13.5. The molecule has 19 heavy (non-hydrogen) atoms. The monoisotopic (exact) mass is 259 g/mol. The van der Waals surface area contributed by atoms with Gasteiger partial charge in [-0.3, -0.25) is 4.79 Å². The van der Waals surface area contributed by atoms with E-state index in [0.717, 1.165) is 18.5 Å². The molecule has 0 saturated carbocycles. The lowest BCUT2D eigenvalue weighted by Gasteiger charge is -2.26. The zero-order valence-electron chi connectivity index (χ0n) is 10.7. The first-order valence-corrected chi connectivity index (χ1v) is 6.45. The Bertz CT molecular complexity index is 482. The summed E-state index contributed by atoms with van der Waals surface area (Å²) >= 11 is 0. The lowest BCUT2D eigenvalue weighted by Crippen LogP contribution is -2.44. The maximum atomic E-state index is 11.9. The van der Waals surface area contributed by atoms with Gasteiger partial charge < -0.3 is 15.4 Å². The molecule has 0 saturated heterocycles. The molecule has 1 amide bonds. The number of ether oxygens (including phenoxy) is 1. The standard InChI is InChI=1S/C14H17N3O2/c15-8-4-1-5-9-16-14(18)13-10-17-11-6-2-3-7-12(11)19-13/h2-3,6-7,13,17H,1,4-5,9-10H2,(H,16,18). The summed E-state index contributed by atoms with van der Waals surface area (Å²) in [5.74, 6) is 0.595. The number of carbonyl (C=O) groups is 1. The fourth-order valence-electron chi connectivity index (χ4n) is 1.91. The average molecular weight is 259 g/mol. The van der Waals surface area contributed by atoms with Crippen molar-refractivity contribution in [1.29, 1.82) is 5.26 Å². The maximum Gasteiger partial charge on any atom is 0.262 e. The molecule has 2 N–H and O–H groups in total. The van der Waals surface area contributed by atoms with E-state index in [-0.39, 0.29) is 5.91 Å². The third kappa shape index (κ3) is 3.62. The molecule has 2 rings (SSSR count). The highest BCUT2D eigenvalue weighted by Gasteiger charge is 2.24. The number of unbranched alkanes of at least 4 members (excludes halogenated alkanes) is 2. The minimum absolute atomic E-state index is 0.112. The Hall–Kier alpha value is -2.22. The number of nitriles is 1. The number of nitrogens with one attached hydrogen (secondary N) is 2. The van der Waals surface area contributed by atoms with E-state index in [9.17, 15) is 4.79 Å². The van der Waals surface area contributed by atoms with Crippen LogP contribution in [0.2, 0.25) is 0 Å². The molecule has 1 aliphatic heterocycles. The topological polar surface area (TPSA) is 74.2 Å². The molecule has 1 atom stereocenters. The summed E-state index contributed by atoms with van der Waals surface area (Å²) in [6, 6.07) is 9.65. The summed E-state index contributed by atoms with van der Waals surface area (Å²) in [5.41, 5.74) is 0.917.